The summed E-state index contributed by atoms with van der Waals surface area (Å²) in [6.07, 6.45) is 54.0. The lowest BCUT2D eigenvalue weighted by atomic mass is 10.0. The molecule has 0 aliphatic carbocycles. The van der Waals surface area contributed by atoms with Crippen LogP contribution in [0.5, 0.6) is 40.2 Å². The van der Waals surface area contributed by atoms with Crippen LogP contribution in [-0.2, 0) is 9.59 Å². The van der Waals surface area contributed by atoms with E-state index in [9.17, 15) is 19.2 Å². The van der Waals surface area contributed by atoms with Gasteiger partial charge < -0.3 is 43.8 Å². The zero-order chi connectivity index (χ0) is 80.7. The molecular weight excluding hydrogens is 1400 g/mol. The van der Waals surface area contributed by atoms with Gasteiger partial charge in [-0.2, -0.15) is 0 Å². The van der Waals surface area contributed by atoms with Crippen LogP contribution in [-0.4, -0.2) is 69.9 Å². The van der Waals surface area contributed by atoms with Crippen molar-refractivity contribution >= 4 is 77.1 Å². The second kappa shape index (κ2) is 53.9. The summed E-state index contributed by atoms with van der Waals surface area (Å²) in [5, 5.41) is 5.35. The highest BCUT2D eigenvalue weighted by atomic mass is 16.5. The van der Waals surface area contributed by atoms with Gasteiger partial charge in [-0.05, 0) is 115 Å². The number of rotatable bonds is 61. The molecule has 6 rings (SSSR count). The summed E-state index contributed by atoms with van der Waals surface area (Å²) in [6, 6.07) is 22.8. The van der Waals surface area contributed by atoms with Crippen LogP contribution < -0.4 is 48.7 Å². The molecule has 14 nitrogen and oxygen atoms in total. The van der Waals surface area contributed by atoms with Crippen LogP contribution in [0, 0.1) is 23.7 Å². The number of hydrogen-bond acceptors (Lipinski definition) is 11. The van der Waals surface area contributed by atoms with Crippen molar-refractivity contribution in [1.29, 1.82) is 0 Å². The predicted molar refractivity (Wildman–Crippen MR) is 471 cm³/mol. The van der Waals surface area contributed by atoms with E-state index in [4.69, 9.17) is 33.2 Å². The standard InChI is InChI=1S/C98H145N3O11/c1-14-21-24-27-30-33-36-39-42-45-60-106-92-63-80(64-93(107-61-46-43-40-37-34-31-28-25-22-15-2)96(92)108-62-47-44-41-38-35-32-29-26-23-16-3)49-53-82-66-91(112-72-76(11)20-7)84(68-89(82)110-70-74(9)18-5)55-54-83-67-88(109-69-73(8)17-4)81(65-90(83)111-71-75(10)19-6)52-48-79-50-56-85(57-51-79)101-97(104)94-86(99-77(12)102)58-59-87(100-78(13)103)95(94)98(101)105/h48-59,63-68,73-76H,14-47,60-62,69-72H2,1-13H3,(H,99,102)(H,100,103)/b52-48+,53-49+,55-54+/t73-,74-,75-,76-/m0/s1. The maximum atomic E-state index is 14.2. The quantitative estimate of drug-likeness (QED) is 0.0217. The Morgan fingerprint density at radius 3 is 0.902 bits per heavy atom. The highest BCUT2D eigenvalue weighted by Gasteiger charge is 2.41. The van der Waals surface area contributed by atoms with Gasteiger partial charge >= 0.3 is 0 Å². The van der Waals surface area contributed by atoms with Crippen LogP contribution in [0.15, 0.2) is 72.8 Å². The average molecular weight is 1540 g/mol. The number of nitrogens with one attached hydrogen (secondary N) is 2. The normalized spacial score (nSPS) is 13.3. The van der Waals surface area contributed by atoms with Crippen molar-refractivity contribution in [2.45, 2.75) is 308 Å². The minimum absolute atomic E-state index is 0.0131. The van der Waals surface area contributed by atoms with Crippen molar-refractivity contribution in [2.24, 2.45) is 23.7 Å². The molecule has 0 saturated heterocycles. The molecular formula is C98H145N3O11. The van der Waals surface area contributed by atoms with Gasteiger partial charge in [0.25, 0.3) is 11.8 Å². The second-order valence-electron chi connectivity index (χ2n) is 31.9. The Balaban J connectivity index is 1.39. The molecule has 112 heavy (non-hydrogen) atoms. The third-order valence-electron chi connectivity index (χ3n) is 21.6. The summed E-state index contributed by atoms with van der Waals surface area (Å²) in [7, 11) is 0. The number of hydrogen-bond donors (Lipinski definition) is 2. The molecule has 0 radical (unpaired) electrons. The summed E-state index contributed by atoms with van der Waals surface area (Å²) in [6.45, 7) is 31.0. The topological polar surface area (TPSA) is 160 Å². The Labute approximate surface area is 677 Å². The molecule has 4 atom stereocenters. The first-order valence-electron chi connectivity index (χ1n) is 44.1. The maximum absolute atomic E-state index is 14.2. The largest absolute Gasteiger partial charge is 0.493 e. The summed E-state index contributed by atoms with van der Waals surface area (Å²) in [5.41, 5.74) is 5.87. The number of nitrogens with zero attached hydrogens (tertiary/aromatic N) is 1. The summed E-state index contributed by atoms with van der Waals surface area (Å²) < 4.78 is 48.1. The first kappa shape index (κ1) is 92.9. The fourth-order valence-electron chi connectivity index (χ4n) is 13.4. The monoisotopic (exact) mass is 1540 g/mol. The van der Waals surface area contributed by atoms with Gasteiger partial charge in [-0.1, -0.05) is 324 Å². The van der Waals surface area contributed by atoms with E-state index < -0.39 is 23.6 Å². The van der Waals surface area contributed by atoms with Crippen molar-refractivity contribution in [3.05, 3.63) is 117 Å². The Morgan fingerprint density at radius 2 is 0.607 bits per heavy atom. The summed E-state index contributed by atoms with van der Waals surface area (Å²) >= 11 is 0. The summed E-state index contributed by atoms with van der Waals surface area (Å²) in [5.74, 6) is 4.17. The molecule has 0 saturated carbocycles. The third-order valence-corrected chi connectivity index (χ3v) is 21.6. The van der Waals surface area contributed by atoms with Gasteiger partial charge in [-0.15, -0.1) is 0 Å². The number of carbonyl (C=O) groups excluding carboxylic acids is 4. The number of carbonyl (C=O) groups is 4. The van der Waals surface area contributed by atoms with E-state index in [1.807, 2.05) is 30.4 Å². The average Bonchev–Trinajstić information content (AvgIpc) is 1.59. The van der Waals surface area contributed by atoms with Gasteiger partial charge in [0.05, 0.1) is 74.4 Å². The van der Waals surface area contributed by atoms with Crippen molar-refractivity contribution in [1.82, 2.24) is 0 Å². The molecule has 14 heteroatoms. The van der Waals surface area contributed by atoms with Crippen molar-refractivity contribution in [3.8, 4) is 40.2 Å². The molecule has 1 heterocycles. The van der Waals surface area contributed by atoms with Crippen molar-refractivity contribution in [3.63, 3.8) is 0 Å². The number of ether oxygens (including phenoxy) is 7. The number of unbranched alkanes of at least 4 members (excludes halogenated alkanes) is 27. The molecule has 1 aliphatic rings. The van der Waals surface area contributed by atoms with Gasteiger partial charge in [0.15, 0.2) is 11.5 Å². The number of imide groups is 1. The predicted octanol–water partition coefficient (Wildman–Crippen LogP) is 27.5. The Morgan fingerprint density at radius 1 is 0.330 bits per heavy atom. The Bertz CT molecular complexity index is 3560. The molecule has 4 amide bonds. The molecule has 0 unspecified atom stereocenters. The number of fused-ring (bicyclic) bond motifs is 1. The molecule has 2 N–H and O–H groups in total. The fraction of sp³-hybridized carbons (Fsp3) is 0.592. The molecule has 0 aromatic heterocycles. The van der Waals surface area contributed by atoms with E-state index in [1.165, 1.54) is 180 Å². The molecule has 0 fully saturated rings. The lowest BCUT2D eigenvalue weighted by Crippen LogP contribution is -2.29. The summed E-state index contributed by atoms with van der Waals surface area (Å²) in [4.78, 5) is 53.8. The Kier molecular flexibility index (Phi) is 44.7. The number of amides is 4. The van der Waals surface area contributed by atoms with Gasteiger partial charge in [0, 0.05) is 36.1 Å². The smallest absolute Gasteiger partial charge is 0.268 e. The van der Waals surface area contributed by atoms with Crippen LogP contribution in [0.1, 0.15) is 362 Å². The Hall–Kier alpha value is -8.00. The first-order valence-corrected chi connectivity index (χ1v) is 44.1. The maximum Gasteiger partial charge on any atom is 0.268 e. The van der Waals surface area contributed by atoms with E-state index in [-0.39, 0.29) is 34.3 Å². The van der Waals surface area contributed by atoms with E-state index in [2.05, 4.69) is 141 Å². The van der Waals surface area contributed by atoms with Crippen LogP contribution in [0.3, 0.4) is 0 Å². The van der Waals surface area contributed by atoms with Crippen LogP contribution in [0.2, 0.25) is 0 Å². The molecule has 0 spiro atoms. The van der Waals surface area contributed by atoms with Crippen molar-refractivity contribution in [2.75, 3.05) is 61.8 Å². The fourth-order valence-corrected chi connectivity index (χ4v) is 13.4. The lowest BCUT2D eigenvalue weighted by Gasteiger charge is -2.19. The highest BCUT2D eigenvalue weighted by Crippen LogP contribution is 2.43. The minimum Gasteiger partial charge on any atom is -0.493 e. The number of benzene rings is 5. The van der Waals surface area contributed by atoms with E-state index in [1.54, 1.807) is 12.1 Å². The zero-order valence-corrected chi connectivity index (χ0v) is 71.6. The van der Waals surface area contributed by atoms with Gasteiger partial charge in [0.2, 0.25) is 17.6 Å². The highest BCUT2D eigenvalue weighted by molar-refractivity contribution is 6.38. The lowest BCUT2D eigenvalue weighted by molar-refractivity contribution is -0.115. The zero-order valence-electron chi connectivity index (χ0n) is 71.6. The number of anilines is 3. The molecule has 0 bridgehead atoms. The molecule has 618 valence electrons. The SMILES string of the molecule is CCCCCCCCCCCCOc1cc(/C=C/c2cc(OC[C@@H](C)CC)c(/C=C/c3cc(OC[C@@H](C)CC)c(/C=C/c4ccc(N5C(=O)c6c(NC(C)=O)ccc(NC(C)=O)c6C5=O)cc4)cc3OC[C@@H](C)CC)cc2OC[C@@H](C)CC)cc(OCCCCCCCCCCCC)c1OCCCCCCCCCCCC. The van der Waals surface area contributed by atoms with Crippen molar-refractivity contribution < 1.29 is 52.3 Å². The van der Waals surface area contributed by atoms with Gasteiger partial charge in [-0.3, -0.25) is 19.2 Å². The van der Waals surface area contributed by atoms with E-state index in [0.29, 0.717) is 81.0 Å². The molecule has 5 aromatic rings. The van der Waals surface area contributed by atoms with Crippen LogP contribution >= 0.6 is 0 Å². The van der Waals surface area contributed by atoms with Gasteiger partial charge in [0.1, 0.15) is 23.0 Å². The first-order chi connectivity index (χ1) is 54.4. The second-order valence-corrected chi connectivity index (χ2v) is 31.9. The van der Waals surface area contributed by atoms with Crippen LogP contribution in [0.25, 0.3) is 36.5 Å². The van der Waals surface area contributed by atoms with E-state index >= 15 is 0 Å². The van der Waals surface area contributed by atoms with E-state index in [0.717, 1.165) is 125 Å². The minimum atomic E-state index is -0.613. The molecule has 5 aromatic carbocycles. The third kappa shape index (κ3) is 33.2. The molecule has 1 aliphatic heterocycles. The van der Waals surface area contributed by atoms with Crippen LogP contribution in [0.4, 0.5) is 17.1 Å². The van der Waals surface area contributed by atoms with Gasteiger partial charge in [-0.25, -0.2) is 4.90 Å².